The number of ether oxygens (including phenoxy) is 2. The van der Waals surface area contributed by atoms with Crippen LogP contribution in [-0.4, -0.2) is 30.3 Å². The van der Waals surface area contributed by atoms with Crippen LogP contribution >= 0.6 is 0 Å². The van der Waals surface area contributed by atoms with Crippen molar-refractivity contribution in [2.24, 2.45) is 17.8 Å². The Bertz CT molecular complexity index is 686. The molecule has 1 aromatic carbocycles. The summed E-state index contributed by atoms with van der Waals surface area (Å²) in [5, 5.41) is 9.68. The molecule has 1 aliphatic rings. The van der Waals surface area contributed by atoms with Crippen LogP contribution in [0.1, 0.15) is 64.4 Å². The molecule has 0 heterocycles. The molecule has 1 saturated carbocycles. The first kappa shape index (κ1) is 24.1. The minimum atomic E-state index is -0.429. The van der Waals surface area contributed by atoms with Crippen molar-refractivity contribution in [3.05, 3.63) is 42.0 Å². The Labute approximate surface area is 180 Å². The van der Waals surface area contributed by atoms with Crippen molar-refractivity contribution in [3.8, 4) is 5.75 Å². The Morgan fingerprint density at radius 3 is 2.37 bits per heavy atom. The molecule has 0 bridgehead atoms. The number of unbranched alkanes of at least 4 members (excludes halogenated alkanes) is 2. The van der Waals surface area contributed by atoms with Gasteiger partial charge in [0.15, 0.2) is 0 Å². The standard InChI is InChI=1S/C25H36O5/c1-4-5-6-7-19-8-14-23(15-9-19)30-25(28)21-12-10-20(11-13-21)22(16-26)17-29-24(27)18(2)3/h8-9,14-15,20-22,26H,2,4-7,10-13,16-17H2,1,3H3. The zero-order chi connectivity index (χ0) is 21.9. The molecule has 1 N–H and O–H groups in total. The van der Waals surface area contributed by atoms with E-state index in [2.05, 4.69) is 13.5 Å². The molecule has 5 nitrogen and oxygen atoms in total. The highest BCUT2D eigenvalue weighted by atomic mass is 16.5. The molecule has 2 rings (SSSR count). The highest BCUT2D eigenvalue weighted by molar-refractivity contribution is 5.86. The van der Waals surface area contributed by atoms with Crippen molar-refractivity contribution >= 4 is 11.9 Å². The van der Waals surface area contributed by atoms with Gasteiger partial charge in [0.25, 0.3) is 0 Å². The third-order valence-electron chi connectivity index (χ3n) is 5.99. The van der Waals surface area contributed by atoms with Crippen LogP contribution in [0.4, 0.5) is 0 Å². The maximum Gasteiger partial charge on any atom is 0.333 e. The predicted molar refractivity (Wildman–Crippen MR) is 117 cm³/mol. The predicted octanol–water partition coefficient (Wildman–Crippen LogP) is 4.86. The highest BCUT2D eigenvalue weighted by Gasteiger charge is 2.32. The number of carbonyl (C=O) groups is 2. The van der Waals surface area contributed by atoms with Crippen LogP contribution in [-0.2, 0) is 20.7 Å². The van der Waals surface area contributed by atoms with E-state index in [9.17, 15) is 14.7 Å². The average Bonchev–Trinajstić information content (AvgIpc) is 2.75. The van der Waals surface area contributed by atoms with E-state index in [1.54, 1.807) is 6.92 Å². The number of benzene rings is 1. The number of carbonyl (C=O) groups excluding carboxylic acids is 2. The molecule has 1 aliphatic carbocycles. The molecular weight excluding hydrogens is 380 g/mol. The summed E-state index contributed by atoms with van der Waals surface area (Å²) < 4.78 is 10.8. The van der Waals surface area contributed by atoms with Crippen LogP contribution < -0.4 is 4.74 Å². The van der Waals surface area contributed by atoms with Crippen molar-refractivity contribution in [1.29, 1.82) is 0 Å². The van der Waals surface area contributed by atoms with Crippen LogP contribution in [0, 0.1) is 17.8 Å². The molecule has 1 aromatic rings. The van der Waals surface area contributed by atoms with Gasteiger partial charge in [0, 0.05) is 18.1 Å². The van der Waals surface area contributed by atoms with Gasteiger partial charge in [0.2, 0.25) is 0 Å². The molecule has 1 unspecified atom stereocenters. The van der Waals surface area contributed by atoms with Gasteiger partial charge in [-0.2, -0.15) is 0 Å². The molecule has 1 atom stereocenters. The Balaban J connectivity index is 1.77. The Hall–Kier alpha value is -2.14. The van der Waals surface area contributed by atoms with Gasteiger partial charge in [0.05, 0.1) is 12.5 Å². The third kappa shape index (κ3) is 7.60. The van der Waals surface area contributed by atoms with Gasteiger partial charge in [-0.1, -0.05) is 38.5 Å². The molecule has 0 saturated heterocycles. The normalized spacial score (nSPS) is 19.7. The number of rotatable bonds is 11. The van der Waals surface area contributed by atoms with E-state index in [-0.39, 0.29) is 36.9 Å². The lowest BCUT2D eigenvalue weighted by Gasteiger charge is -2.31. The van der Waals surface area contributed by atoms with E-state index >= 15 is 0 Å². The zero-order valence-electron chi connectivity index (χ0n) is 18.4. The van der Waals surface area contributed by atoms with Gasteiger partial charge in [-0.3, -0.25) is 4.79 Å². The fourth-order valence-corrected chi connectivity index (χ4v) is 3.97. The molecule has 0 amide bonds. The van der Waals surface area contributed by atoms with Crippen molar-refractivity contribution in [2.75, 3.05) is 13.2 Å². The van der Waals surface area contributed by atoms with Crippen LogP contribution in [0.25, 0.3) is 0 Å². The number of aryl methyl sites for hydroxylation is 1. The number of hydrogen-bond acceptors (Lipinski definition) is 5. The second-order valence-corrected chi connectivity index (χ2v) is 8.46. The zero-order valence-corrected chi connectivity index (χ0v) is 18.4. The summed E-state index contributed by atoms with van der Waals surface area (Å²) in [6.45, 7) is 7.52. The lowest BCUT2D eigenvalue weighted by molar-refractivity contribution is -0.142. The number of aliphatic hydroxyl groups is 1. The highest BCUT2D eigenvalue weighted by Crippen LogP contribution is 2.34. The van der Waals surface area contributed by atoms with Gasteiger partial charge < -0.3 is 14.6 Å². The first-order valence-corrected chi connectivity index (χ1v) is 11.2. The molecule has 0 spiro atoms. The summed E-state index contributed by atoms with van der Waals surface area (Å²) in [6.07, 6.45) is 7.74. The summed E-state index contributed by atoms with van der Waals surface area (Å²) in [6, 6.07) is 7.83. The minimum absolute atomic E-state index is 0.0339. The fourth-order valence-electron chi connectivity index (χ4n) is 3.97. The molecule has 5 heteroatoms. The van der Waals surface area contributed by atoms with Crippen molar-refractivity contribution in [3.63, 3.8) is 0 Å². The fraction of sp³-hybridized carbons (Fsp3) is 0.600. The first-order chi connectivity index (χ1) is 14.4. The van der Waals surface area contributed by atoms with Gasteiger partial charge in [-0.25, -0.2) is 4.79 Å². The Morgan fingerprint density at radius 1 is 1.13 bits per heavy atom. The molecule has 1 fully saturated rings. The summed E-state index contributed by atoms with van der Waals surface area (Å²) >= 11 is 0. The maximum absolute atomic E-state index is 12.5. The number of aliphatic hydroxyl groups excluding tert-OH is 1. The van der Waals surface area contributed by atoms with Crippen LogP contribution in [0.3, 0.4) is 0 Å². The SMILES string of the molecule is C=C(C)C(=O)OCC(CO)C1CCC(C(=O)Oc2ccc(CCCCC)cc2)CC1. The van der Waals surface area contributed by atoms with Crippen molar-refractivity contribution in [2.45, 2.75) is 65.2 Å². The number of hydrogen-bond donors (Lipinski definition) is 1. The third-order valence-corrected chi connectivity index (χ3v) is 5.99. The smallest absolute Gasteiger partial charge is 0.333 e. The Morgan fingerprint density at radius 2 is 1.80 bits per heavy atom. The quantitative estimate of drug-likeness (QED) is 0.241. The maximum atomic E-state index is 12.5. The molecule has 30 heavy (non-hydrogen) atoms. The summed E-state index contributed by atoms with van der Waals surface area (Å²) in [5.41, 5.74) is 1.62. The summed E-state index contributed by atoms with van der Waals surface area (Å²) in [5.74, 6) is -0.00228. The average molecular weight is 417 g/mol. The van der Waals surface area contributed by atoms with E-state index in [1.807, 2.05) is 24.3 Å². The van der Waals surface area contributed by atoms with Crippen LogP contribution in [0.5, 0.6) is 5.75 Å². The van der Waals surface area contributed by atoms with Gasteiger partial charge in [-0.05, 0) is 69.1 Å². The second-order valence-electron chi connectivity index (χ2n) is 8.46. The van der Waals surface area contributed by atoms with Crippen molar-refractivity contribution < 1.29 is 24.2 Å². The second kappa shape index (κ2) is 12.5. The molecular formula is C25H36O5. The van der Waals surface area contributed by atoms with Crippen LogP contribution in [0.15, 0.2) is 36.4 Å². The number of esters is 2. The lowest BCUT2D eigenvalue weighted by Crippen LogP contribution is -2.32. The Kier molecular flexibility index (Phi) is 10.1. The van der Waals surface area contributed by atoms with E-state index in [0.717, 1.165) is 32.1 Å². The van der Waals surface area contributed by atoms with Gasteiger partial charge in [0.1, 0.15) is 5.75 Å². The first-order valence-electron chi connectivity index (χ1n) is 11.2. The van der Waals surface area contributed by atoms with Crippen molar-refractivity contribution in [1.82, 2.24) is 0 Å². The molecule has 0 aromatic heterocycles. The topological polar surface area (TPSA) is 72.8 Å². The van der Waals surface area contributed by atoms with Crippen LogP contribution in [0.2, 0.25) is 0 Å². The van der Waals surface area contributed by atoms with E-state index in [4.69, 9.17) is 9.47 Å². The monoisotopic (exact) mass is 416 g/mol. The molecule has 0 radical (unpaired) electrons. The summed E-state index contributed by atoms with van der Waals surface area (Å²) in [4.78, 5) is 24.1. The van der Waals surface area contributed by atoms with E-state index < -0.39 is 5.97 Å². The van der Waals surface area contributed by atoms with E-state index in [1.165, 1.54) is 24.8 Å². The minimum Gasteiger partial charge on any atom is -0.462 e. The largest absolute Gasteiger partial charge is 0.462 e. The molecule has 166 valence electrons. The summed E-state index contributed by atoms with van der Waals surface area (Å²) in [7, 11) is 0. The molecule has 0 aliphatic heterocycles. The van der Waals surface area contributed by atoms with Gasteiger partial charge >= 0.3 is 11.9 Å². The lowest BCUT2D eigenvalue weighted by atomic mass is 9.76. The van der Waals surface area contributed by atoms with Gasteiger partial charge in [-0.15, -0.1) is 0 Å². The van der Waals surface area contributed by atoms with E-state index in [0.29, 0.717) is 11.3 Å².